The zero-order valence-corrected chi connectivity index (χ0v) is 16.7. The maximum Gasteiger partial charge on any atom is 0.0590 e. The summed E-state index contributed by atoms with van der Waals surface area (Å²) in [5.41, 5.74) is 5.30. The first-order valence-corrected chi connectivity index (χ1v) is 10.1. The summed E-state index contributed by atoms with van der Waals surface area (Å²) in [6, 6.07) is 22.1. The SMILES string of the molecule is CCc1cccc2c1sc1c(Nc3ccc(C(C)(C)C)cc3)cccc12. The first-order chi connectivity index (χ1) is 12.5. The van der Waals surface area contributed by atoms with Gasteiger partial charge in [0.2, 0.25) is 0 Å². The van der Waals surface area contributed by atoms with Crippen LogP contribution in [0.1, 0.15) is 38.8 Å². The number of rotatable bonds is 3. The second-order valence-corrected chi connectivity index (χ2v) is 8.90. The number of hydrogen-bond acceptors (Lipinski definition) is 2. The molecule has 0 spiro atoms. The van der Waals surface area contributed by atoms with Crippen molar-refractivity contribution in [2.75, 3.05) is 5.32 Å². The highest BCUT2D eigenvalue weighted by atomic mass is 32.1. The lowest BCUT2D eigenvalue weighted by Gasteiger charge is -2.19. The van der Waals surface area contributed by atoms with E-state index in [4.69, 9.17) is 0 Å². The molecule has 0 aliphatic carbocycles. The number of thiophene rings is 1. The normalized spacial score (nSPS) is 12.0. The number of fused-ring (bicyclic) bond motifs is 3. The maximum absolute atomic E-state index is 3.63. The fourth-order valence-corrected chi connectivity index (χ4v) is 4.82. The molecule has 0 amide bonds. The lowest BCUT2D eigenvalue weighted by atomic mass is 9.87. The van der Waals surface area contributed by atoms with Crippen molar-refractivity contribution < 1.29 is 0 Å². The number of nitrogens with one attached hydrogen (secondary N) is 1. The minimum atomic E-state index is 0.181. The minimum Gasteiger partial charge on any atom is -0.354 e. The van der Waals surface area contributed by atoms with Crippen molar-refractivity contribution in [3.8, 4) is 0 Å². The zero-order chi connectivity index (χ0) is 18.3. The van der Waals surface area contributed by atoms with Gasteiger partial charge in [-0.3, -0.25) is 0 Å². The van der Waals surface area contributed by atoms with E-state index in [0.717, 1.165) is 12.1 Å². The van der Waals surface area contributed by atoms with Crippen molar-refractivity contribution in [1.82, 2.24) is 0 Å². The first kappa shape index (κ1) is 17.1. The van der Waals surface area contributed by atoms with Crippen LogP contribution < -0.4 is 5.32 Å². The standard InChI is InChI=1S/C24H25NS/c1-5-16-8-6-9-19-20-10-7-11-21(23(20)26-22(16)19)25-18-14-12-17(13-15-18)24(2,3)4/h6-15,25H,5H2,1-4H3. The van der Waals surface area contributed by atoms with E-state index in [1.807, 2.05) is 11.3 Å². The van der Waals surface area contributed by atoms with E-state index in [9.17, 15) is 0 Å². The lowest BCUT2D eigenvalue weighted by molar-refractivity contribution is 0.590. The largest absolute Gasteiger partial charge is 0.354 e. The van der Waals surface area contributed by atoms with Gasteiger partial charge >= 0.3 is 0 Å². The molecule has 1 N–H and O–H groups in total. The fourth-order valence-electron chi connectivity index (χ4n) is 3.46. The molecule has 132 valence electrons. The molecule has 0 saturated heterocycles. The molecule has 0 unspecified atom stereocenters. The van der Waals surface area contributed by atoms with Crippen LogP contribution in [0.4, 0.5) is 11.4 Å². The highest BCUT2D eigenvalue weighted by Crippen LogP contribution is 2.40. The molecule has 0 fully saturated rings. The van der Waals surface area contributed by atoms with Crippen molar-refractivity contribution in [1.29, 1.82) is 0 Å². The molecule has 3 aromatic carbocycles. The summed E-state index contributed by atoms with van der Waals surface area (Å²) in [5, 5.41) is 6.35. The molecule has 1 nitrogen and oxygen atoms in total. The van der Waals surface area contributed by atoms with E-state index in [-0.39, 0.29) is 5.41 Å². The Bertz CT molecular complexity index is 1070. The minimum absolute atomic E-state index is 0.181. The molecule has 2 heteroatoms. The molecule has 1 heterocycles. The van der Waals surface area contributed by atoms with Gasteiger partial charge in [0.25, 0.3) is 0 Å². The summed E-state index contributed by atoms with van der Waals surface area (Å²) in [4.78, 5) is 0. The van der Waals surface area contributed by atoms with Gasteiger partial charge in [-0.1, -0.05) is 70.2 Å². The van der Waals surface area contributed by atoms with Crippen LogP contribution in [0, 0.1) is 0 Å². The van der Waals surface area contributed by atoms with Gasteiger partial charge in [0, 0.05) is 21.2 Å². The second-order valence-electron chi connectivity index (χ2n) is 7.88. The number of aryl methyl sites for hydroxylation is 1. The monoisotopic (exact) mass is 359 g/mol. The van der Waals surface area contributed by atoms with Crippen molar-refractivity contribution in [3.05, 3.63) is 71.8 Å². The van der Waals surface area contributed by atoms with Crippen LogP contribution in [0.2, 0.25) is 0 Å². The van der Waals surface area contributed by atoms with Gasteiger partial charge in [0.1, 0.15) is 0 Å². The van der Waals surface area contributed by atoms with Crippen molar-refractivity contribution in [2.45, 2.75) is 39.5 Å². The summed E-state index contributed by atoms with van der Waals surface area (Å²) in [6.07, 6.45) is 1.07. The summed E-state index contributed by atoms with van der Waals surface area (Å²) < 4.78 is 2.76. The Balaban J connectivity index is 1.77. The molecule has 0 aliphatic rings. The summed E-state index contributed by atoms with van der Waals surface area (Å²) in [7, 11) is 0. The zero-order valence-electron chi connectivity index (χ0n) is 15.9. The van der Waals surface area contributed by atoms with Gasteiger partial charge in [-0.25, -0.2) is 0 Å². The first-order valence-electron chi connectivity index (χ1n) is 9.28. The van der Waals surface area contributed by atoms with E-state index in [1.54, 1.807) is 0 Å². The van der Waals surface area contributed by atoms with Gasteiger partial charge < -0.3 is 5.32 Å². The van der Waals surface area contributed by atoms with Crippen LogP contribution in [-0.2, 0) is 11.8 Å². The number of anilines is 2. The fraction of sp³-hybridized carbons (Fsp3) is 0.250. The van der Waals surface area contributed by atoms with E-state index in [0.29, 0.717) is 0 Å². The Morgan fingerprint density at radius 2 is 1.46 bits per heavy atom. The lowest BCUT2D eigenvalue weighted by Crippen LogP contribution is -2.10. The average molecular weight is 360 g/mol. The molecule has 0 saturated carbocycles. The van der Waals surface area contributed by atoms with Crippen LogP contribution in [-0.4, -0.2) is 0 Å². The van der Waals surface area contributed by atoms with E-state index in [2.05, 4.69) is 93.7 Å². The molecule has 0 atom stereocenters. The molecule has 0 radical (unpaired) electrons. The second kappa shape index (κ2) is 6.44. The predicted octanol–water partition coefficient (Wildman–Crippen LogP) is 7.66. The van der Waals surface area contributed by atoms with E-state index < -0.39 is 0 Å². The highest BCUT2D eigenvalue weighted by Gasteiger charge is 2.14. The Morgan fingerprint density at radius 3 is 2.12 bits per heavy atom. The molecule has 1 aromatic heterocycles. The van der Waals surface area contributed by atoms with Crippen LogP contribution in [0.5, 0.6) is 0 Å². The smallest absolute Gasteiger partial charge is 0.0590 e. The van der Waals surface area contributed by atoms with Crippen LogP contribution >= 0.6 is 11.3 Å². The third kappa shape index (κ3) is 2.99. The maximum atomic E-state index is 3.63. The number of benzene rings is 3. The van der Waals surface area contributed by atoms with E-state index in [1.165, 1.54) is 37.0 Å². The predicted molar refractivity (Wildman–Crippen MR) is 117 cm³/mol. The van der Waals surface area contributed by atoms with Gasteiger partial charge in [-0.2, -0.15) is 0 Å². The van der Waals surface area contributed by atoms with Crippen molar-refractivity contribution >= 4 is 42.9 Å². The Labute approximate surface area is 159 Å². The van der Waals surface area contributed by atoms with Gasteiger partial charge in [-0.05, 0) is 41.2 Å². The average Bonchev–Trinajstić information content (AvgIpc) is 3.01. The van der Waals surface area contributed by atoms with Crippen LogP contribution in [0.15, 0.2) is 60.7 Å². The van der Waals surface area contributed by atoms with Crippen LogP contribution in [0.3, 0.4) is 0 Å². The Hall–Kier alpha value is -2.32. The Kier molecular flexibility index (Phi) is 4.24. The number of hydrogen-bond donors (Lipinski definition) is 1. The molecule has 4 aromatic rings. The third-order valence-corrected chi connectivity index (χ3v) is 6.35. The van der Waals surface area contributed by atoms with Gasteiger partial charge in [-0.15, -0.1) is 11.3 Å². The molecule has 4 rings (SSSR count). The summed E-state index contributed by atoms with van der Waals surface area (Å²) in [5.74, 6) is 0. The molecular weight excluding hydrogens is 334 g/mol. The quantitative estimate of drug-likeness (QED) is 0.396. The molecular formula is C24H25NS. The van der Waals surface area contributed by atoms with E-state index >= 15 is 0 Å². The highest BCUT2D eigenvalue weighted by molar-refractivity contribution is 7.26. The summed E-state index contributed by atoms with van der Waals surface area (Å²) in [6.45, 7) is 8.98. The molecule has 0 aliphatic heterocycles. The van der Waals surface area contributed by atoms with Crippen LogP contribution in [0.25, 0.3) is 20.2 Å². The van der Waals surface area contributed by atoms with Gasteiger partial charge in [0.05, 0.1) is 10.4 Å². The molecule has 26 heavy (non-hydrogen) atoms. The van der Waals surface area contributed by atoms with Crippen molar-refractivity contribution in [3.63, 3.8) is 0 Å². The Morgan fingerprint density at radius 1 is 0.808 bits per heavy atom. The van der Waals surface area contributed by atoms with Crippen molar-refractivity contribution in [2.24, 2.45) is 0 Å². The topological polar surface area (TPSA) is 12.0 Å². The van der Waals surface area contributed by atoms with Gasteiger partial charge in [0.15, 0.2) is 0 Å². The molecule has 0 bridgehead atoms. The summed E-state index contributed by atoms with van der Waals surface area (Å²) >= 11 is 1.90. The third-order valence-electron chi connectivity index (χ3n) is 5.02.